The number of ether oxygens (including phenoxy) is 3. The van der Waals surface area contributed by atoms with Gasteiger partial charge in [-0.3, -0.25) is 19.3 Å². The highest BCUT2D eigenvalue weighted by molar-refractivity contribution is 6.36. The number of hydrogen-bond acceptors (Lipinski definition) is 8. The molecule has 1 aliphatic heterocycles. The molecule has 1 atom stereocenters. The fourth-order valence-electron chi connectivity index (χ4n) is 4.52. The number of hydrogen-bond donors (Lipinski definition) is 0. The summed E-state index contributed by atoms with van der Waals surface area (Å²) < 4.78 is 55.2. The molecule has 2 aromatic heterocycles. The largest absolute Gasteiger partial charge is 0.573 e. The number of benzene rings is 1. The Labute approximate surface area is 225 Å². The summed E-state index contributed by atoms with van der Waals surface area (Å²) >= 11 is 6.57. The van der Waals surface area contributed by atoms with Gasteiger partial charge in [-0.15, -0.1) is 13.2 Å². The third kappa shape index (κ3) is 5.33. The number of aliphatic imine (C=N–C) groups is 1. The maximum atomic E-state index is 13.1. The number of aromatic nitrogens is 3. The van der Waals surface area contributed by atoms with Crippen LogP contribution in [0.4, 0.5) is 13.2 Å². The third-order valence-electron chi connectivity index (χ3n) is 6.40. The molecular formula is C26H22ClF3N4O5. The molecule has 13 heteroatoms. The molecule has 1 saturated carbocycles. The first-order valence-corrected chi connectivity index (χ1v) is 12.3. The summed E-state index contributed by atoms with van der Waals surface area (Å²) in [7, 11) is 1.23. The number of nitrogens with zero attached hydrogens (tertiary/aromatic N) is 4. The Balaban J connectivity index is 1.57. The van der Waals surface area contributed by atoms with E-state index in [0.29, 0.717) is 41.3 Å². The molecule has 39 heavy (non-hydrogen) atoms. The molecule has 3 heterocycles. The minimum absolute atomic E-state index is 0.0379. The lowest BCUT2D eigenvalue weighted by Crippen LogP contribution is -2.30. The molecule has 5 rings (SSSR count). The first kappa shape index (κ1) is 26.7. The zero-order valence-corrected chi connectivity index (χ0v) is 21.5. The number of esters is 2. The van der Waals surface area contributed by atoms with Crippen LogP contribution in [-0.4, -0.2) is 51.3 Å². The number of aryl methyl sites for hydroxylation is 1. The van der Waals surface area contributed by atoms with Crippen molar-refractivity contribution in [3.8, 4) is 11.4 Å². The first-order valence-electron chi connectivity index (χ1n) is 11.9. The van der Waals surface area contributed by atoms with E-state index in [2.05, 4.69) is 14.7 Å². The summed E-state index contributed by atoms with van der Waals surface area (Å²) in [6, 6.07) is 6.70. The van der Waals surface area contributed by atoms with Crippen LogP contribution in [0.5, 0.6) is 5.75 Å². The Morgan fingerprint density at radius 3 is 2.62 bits per heavy atom. The number of fused-ring (bicyclic) bond motifs is 3. The number of alkyl halides is 3. The van der Waals surface area contributed by atoms with Gasteiger partial charge in [0, 0.05) is 49.0 Å². The summed E-state index contributed by atoms with van der Waals surface area (Å²) in [6.07, 6.45) is -1.05. The van der Waals surface area contributed by atoms with E-state index in [1.54, 1.807) is 42.1 Å². The molecule has 2 aliphatic rings. The van der Waals surface area contributed by atoms with E-state index in [0.717, 1.165) is 6.07 Å². The normalized spacial score (nSPS) is 17.3. The van der Waals surface area contributed by atoms with Gasteiger partial charge in [0.15, 0.2) is 0 Å². The Kier molecular flexibility index (Phi) is 6.83. The molecule has 1 aromatic carbocycles. The Morgan fingerprint density at radius 1 is 1.21 bits per heavy atom. The monoisotopic (exact) mass is 562 g/mol. The van der Waals surface area contributed by atoms with E-state index in [1.165, 1.54) is 13.2 Å². The van der Waals surface area contributed by atoms with Gasteiger partial charge in [-0.1, -0.05) is 17.7 Å². The number of rotatable bonds is 7. The van der Waals surface area contributed by atoms with E-state index in [4.69, 9.17) is 26.1 Å². The van der Waals surface area contributed by atoms with Crippen LogP contribution in [0.3, 0.4) is 0 Å². The maximum Gasteiger partial charge on any atom is 0.573 e. The predicted molar refractivity (Wildman–Crippen MR) is 132 cm³/mol. The van der Waals surface area contributed by atoms with Crippen molar-refractivity contribution >= 4 is 29.3 Å². The molecule has 0 unspecified atom stereocenters. The van der Waals surface area contributed by atoms with Crippen molar-refractivity contribution in [3.63, 3.8) is 0 Å². The van der Waals surface area contributed by atoms with Crippen LogP contribution in [0.25, 0.3) is 5.69 Å². The topological polar surface area (TPSA) is 105 Å². The van der Waals surface area contributed by atoms with Crippen LogP contribution in [0.15, 0.2) is 47.7 Å². The van der Waals surface area contributed by atoms with Gasteiger partial charge in [0.2, 0.25) is 5.60 Å². The lowest BCUT2D eigenvalue weighted by molar-refractivity contribution is -0.274. The number of halogens is 4. The second-order valence-electron chi connectivity index (χ2n) is 9.15. The highest BCUT2D eigenvalue weighted by Crippen LogP contribution is 2.42. The fraction of sp³-hybridized carbons (Fsp3) is 0.346. The fourth-order valence-corrected chi connectivity index (χ4v) is 4.81. The molecule has 0 saturated heterocycles. The van der Waals surface area contributed by atoms with Crippen molar-refractivity contribution in [2.45, 2.75) is 50.6 Å². The SMILES string of the molecule is COC(=O)C1(OC(=O)CC[C@@H]2N=C(c3ccccn3)c3c(Cl)cc(OC(F)(F)F)cc3-n3c(C)cnc32)CC1. The van der Waals surface area contributed by atoms with Gasteiger partial charge in [-0.05, 0) is 31.5 Å². The van der Waals surface area contributed by atoms with Crippen molar-refractivity contribution in [2.75, 3.05) is 7.11 Å². The van der Waals surface area contributed by atoms with Crippen molar-refractivity contribution in [1.29, 1.82) is 0 Å². The summed E-state index contributed by atoms with van der Waals surface area (Å²) in [6.45, 7) is 1.73. The standard InChI is InChI=1S/C26H22ClF3N4O5/c1-14-13-32-23-18(6-7-20(35)39-25(8-9-25)24(36)37-2)33-22(17-5-3-4-10-31-17)21-16(27)11-15(38-26(28,29)30)12-19(21)34(14)23/h3-5,10-13,18H,6-9H2,1-2H3/t18-/m0/s1. The number of carbonyl (C=O) groups excluding carboxylic acids is 2. The Hall–Kier alpha value is -3.93. The summed E-state index contributed by atoms with van der Waals surface area (Å²) in [4.78, 5) is 38.4. The second-order valence-corrected chi connectivity index (χ2v) is 9.55. The molecule has 3 aromatic rings. The number of methoxy groups -OCH3 is 1. The predicted octanol–water partition coefficient (Wildman–Crippen LogP) is 5.05. The van der Waals surface area contributed by atoms with Crippen LogP contribution in [0.2, 0.25) is 5.02 Å². The third-order valence-corrected chi connectivity index (χ3v) is 6.70. The summed E-state index contributed by atoms with van der Waals surface area (Å²) in [5, 5.41) is -0.0379. The van der Waals surface area contributed by atoms with Gasteiger partial charge in [0.05, 0.1) is 29.2 Å². The summed E-state index contributed by atoms with van der Waals surface area (Å²) in [5.41, 5.74) is 0.683. The molecule has 0 spiro atoms. The van der Waals surface area contributed by atoms with E-state index in [-0.39, 0.29) is 23.6 Å². The molecule has 204 valence electrons. The minimum Gasteiger partial charge on any atom is -0.466 e. The average molecular weight is 563 g/mol. The number of carbonyl (C=O) groups is 2. The van der Waals surface area contributed by atoms with Gasteiger partial charge in [0.25, 0.3) is 0 Å². The van der Waals surface area contributed by atoms with Crippen LogP contribution >= 0.6 is 11.6 Å². The van der Waals surface area contributed by atoms with Gasteiger partial charge in [0.1, 0.15) is 17.6 Å². The minimum atomic E-state index is -4.93. The Bertz CT molecular complexity index is 1470. The van der Waals surface area contributed by atoms with Crippen LogP contribution in [0, 0.1) is 6.92 Å². The van der Waals surface area contributed by atoms with Crippen LogP contribution < -0.4 is 4.74 Å². The van der Waals surface area contributed by atoms with E-state index in [9.17, 15) is 22.8 Å². The molecule has 1 aliphatic carbocycles. The molecular weight excluding hydrogens is 541 g/mol. The van der Waals surface area contributed by atoms with Crippen LogP contribution in [0.1, 0.15) is 54.5 Å². The molecule has 0 amide bonds. The van der Waals surface area contributed by atoms with Crippen molar-refractivity contribution in [3.05, 3.63) is 70.5 Å². The second kappa shape index (κ2) is 9.99. The molecule has 0 N–H and O–H groups in total. The molecule has 0 radical (unpaired) electrons. The number of pyridine rings is 1. The quantitative estimate of drug-likeness (QED) is 0.371. The van der Waals surface area contributed by atoms with Gasteiger partial charge in [-0.25, -0.2) is 9.78 Å². The smallest absolute Gasteiger partial charge is 0.466 e. The van der Waals surface area contributed by atoms with Gasteiger partial charge < -0.3 is 14.2 Å². The van der Waals surface area contributed by atoms with Gasteiger partial charge in [-0.2, -0.15) is 0 Å². The highest BCUT2D eigenvalue weighted by atomic mass is 35.5. The lowest BCUT2D eigenvalue weighted by Gasteiger charge is -2.18. The number of imidazole rings is 1. The molecule has 9 nitrogen and oxygen atoms in total. The average Bonchev–Trinajstić information content (AvgIpc) is 3.59. The highest BCUT2D eigenvalue weighted by Gasteiger charge is 2.55. The van der Waals surface area contributed by atoms with Crippen molar-refractivity contribution < 1.29 is 37.0 Å². The zero-order chi connectivity index (χ0) is 27.9. The Morgan fingerprint density at radius 2 is 1.97 bits per heavy atom. The maximum absolute atomic E-state index is 13.1. The lowest BCUT2D eigenvalue weighted by atomic mass is 10.0. The van der Waals surface area contributed by atoms with E-state index in [1.807, 2.05) is 0 Å². The van der Waals surface area contributed by atoms with E-state index >= 15 is 0 Å². The van der Waals surface area contributed by atoms with E-state index < -0.39 is 35.7 Å². The summed E-state index contributed by atoms with van der Waals surface area (Å²) in [5.74, 6) is -1.34. The molecule has 1 fully saturated rings. The van der Waals surface area contributed by atoms with Gasteiger partial charge >= 0.3 is 18.3 Å². The van der Waals surface area contributed by atoms with Crippen molar-refractivity contribution in [2.24, 2.45) is 4.99 Å². The zero-order valence-electron chi connectivity index (χ0n) is 20.8. The van der Waals surface area contributed by atoms with Crippen molar-refractivity contribution in [1.82, 2.24) is 14.5 Å². The van der Waals surface area contributed by atoms with Crippen LogP contribution in [-0.2, 0) is 19.1 Å². The molecule has 0 bridgehead atoms. The first-order chi connectivity index (χ1) is 18.5.